The lowest BCUT2D eigenvalue weighted by atomic mass is 10.00. The number of rotatable bonds is 3. The first-order valence-corrected chi connectivity index (χ1v) is 7.40. The third-order valence-electron chi connectivity index (χ3n) is 3.86. The average Bonchev–Trinajstić information content (AvgIpc) is 3.01. The van der Waals surface area contributed by atoms with Crippen LogP contribution in [0.25, 0.3) is 22.4 Å². The molecule has 0 amide bonds. The Hall–Kier alpha value is -3.12. The molecule has 0 bridgehead atoms. The van der Waals surface area contributed by atoms with Crippen molar-refractivity contribution in [3.8, 4) is 28.5 Å². The van der Waals surface area contributed by atoms with E-state index in [0.29, 0.717) is 11.3 Å². The number of aromatic nitrogens is 1. The quantitative estimate of drug-likeness (QED) is 0.711. The number of nitrogens with zero attached hydrogens (tertiary/aromatic N) is 1. The van der Waals surface area contributed by atoms with Crippen molar-refractivity contribution in [3.63, 3.8) is 0 Å². The van der Waals surface area contributed by atoms with Gasteiger partial charge in [-0.3, -0.25) is 4.79 Å². The lowest BCUT2D eigenvalue weighted by Gasteiger charge is -2.05. The van der Waals surface area contributed by atoms with Crippen LogP contribution in [0.2, 0.25) is 0 Å². The maximum absolute atomic E-state index is 11.8. The molecule has 112 valence electrons. The van der Waals surface area contributed by atoms with Crippen molar-refractivity contribution in [2.24, 2.45) is 0 Å². The summed E-state index contributed by atoms with van der Waals surface area (Å²) in [5.74, 6) is -0.00161. The summed E-state index contributed by atoms with van der Waals surface area (Å²) in [6.07, 6.45) is 0. The largest absolute Gasteiger partial charge is 0.352 e. The lowest BCUT2D eigenvalue weighted by molar-refractivity contribution is 0.101. The Morgan fingerprint density at radius 2 is 1.61 bits per heavy atom. The van der Waals surface area contributed by atoms with Crippen molar-refractivity contribution in [1.82, 2.24) is 4.98 Å². The maximum Gasteiger partial charge on any atom is 0.175 e. The third kappa shape index (κ3) is 2.93. The number of nitriles is 1. The molecule has 0 aliphatic rings. The average molecular weight is 300 g/mol. The Balaban J connectivity index is 2.16. The van der Waals surface area contributed by atoms with Gasteiger partial charge >= 0.3 is 0 Å². The molecule has 3 aromatic rings. The normalized spacial score (nSPS) is 10.3. The number of carbonyl (C=O) groups excluding carboxylic acids is 1. The van der Waals surface area contributed by atoms with Gasteiger partial charge in [0.25, 0.3) is 0 Å². The molecule has 3 nitrogen and oxygen atoms in total. The van der Waals surface area contributed by atoms with Gasteiger partial charge in [0.1, 0.15) is 0 Å². The zero-order chi connectivity index (χ0) is 16.4. The highest BCUT2D eigenvalue weighted by Gasteiger charge is 2.14. The first-order chi connectivity index (χ1) is 11.1. The van der Waals surface area contributed by atoms with Crippen LogP contribution in [-0.4, -0.2) is 10.8 Å². The second-order valence-electron chi connectivity index (χ2n) is 5.58. The van der Waals surface area contributed by atoms with Gasteiger partial charge in [-0.05, 0) is 36.2 Å². The van der Waals surface area contributed by atoms with E-state index < -0.39 is 0 Å². The molecule has 3 rings (SSSR count). The fourth-order valence-corrected chi connectivity index (χ4v) is 2.54. The number of nitrogens with one attached hydrogen (secondary N) is 1. The standard InChI is InChI=1S/C20H16N2O/c1-13-3-7-17(8-4-13)20-18(11-19(22-20)14(2)23)16-9-5-15(12-21)6-10-16/h3-11,22H,1-2H3. The zero-order valence-corrected chi connectivity index (χ0v) is 13.1. The van der Waals surface area contributed by atoms with E-state index in [1.807, 2.05) is 49.4 Å². The third-order valence-corrected chi connectivity index (χ3v) is 3.86. The predicted octanol–water partition coefficient (Wildman–Crippen LogP) is 4.73. The number of Topliss-reactive ketones (excluding diaryl/α,β-unsaturated/α-hetero) is 1. The molecule has 0 unspecified atom stereocenters. The van der Waals surface area contributed by atoms with E-state index in [1.54, 1.807) is 19.1 Å². The fourth-order valence-electron chi connectivity index (χ4n) is 2.54. The number of aromatic amines is 1. The number of aryl methyl sites for hydroxylation is 1. The summed E-state index contributed by atoms with van der Waals surface area (Å²) in [4.78, 5) is 15.0. The van der Waals surface area contributed by atoms with Crippen LogP contribution in [-0.2, 0) is 0 Å². The summed E-state index contributed by atoms with van der Waals surface area (Å²) in [5.41, 5.74) is 6.27. The molecule has 0 aliphatic carbocycles. The van der Waals surface area contributed by atoms with Gasteiger partial charge in [-0.25, -0.2) is 0 Å². The maximum atomic E-state index is 11.8. The Morgan fingerprint density at radius 3 is 2.17 bits per heavy atom. The number of ketones is 1. The van der Waals surface area contributed by atoms with Crippen LogP contribution in [0, 0.1) is 18.3 Å². The highest BCUT2D eigenvalue weighted by Crippen LogP contribution is 2.33. The summed E-state index contributed by atoms with van der Waals surface area (Å²) < 4.78 is 0. The lowest BCUT2D eigenvalue weighted by Crippen LogP contribution is -1.91. The van der Waals surface area contributed by atoms with E-state index >= 15 is 0 Å². The molecule has 1 aromatic heterocycles. The molecule has 3 heteroatoms. The summed E-state index contributed by atoms with van der Waals surface area (Å²) in [6.45, 7) is 3.59. The minimum absolute atomic E-state index is 0.00161. The Kier molecular flexibility index (Phi) is 3.82. The van der Waals surface area contributed by atoms with Gasteiger partial charge < -0.3 is 4.98 Å². The summed E-state index contributed by atoms with van der Waals surface area (Å²) in [5, 5.41) is 8.93. The topological polar surface area (TPSA) is 56.6 Å². The van der Waals surface area contributed by atoms with E-state index in [0.717, 1.165) is 22.4 Å². The number of hydrogen-bond donors (Lipinski definition) is 1. The van der Waals surface area contributed by atoms with Crippen LogP contribution in [0.1, 0.15) is 28.5 Å². The van der Waals surface area contributed by atoms with Gasteiger partial charge in [0, 0.05) is 12.5 Å². The van der Waals surface area contributed by atoms with E-state index in [-0.39, 0.29) is 5.78 Å². The summed E-state index contributed by atoms with van der Waals surface area (Å²) in [7, 11) is 0. The van der Waals surface area contributed by atoms with Crippen molar-refractivity contribution in [3.05, 3.63) is 71.4 Å². The summed E-state index contributed by atoms with van der Waals surface area (Å²) in [6, 6.07) is 19.6. The van der Waals surface area contributed by atoms with Crippen molar-refractivity contribution >= 4 is 5.78 Å². The minimum atomic E-state index is -0.00161. The van der Waals surface area contributed by atoms with Crippen LogP contribution in [0.3, 0.4) is 0 Å². The van der Waals surface area contributed by atoms with Crippen molar-refractivity contribution in [2.45, 2.75) is 13.8 Å². The molecule has 0 saturated carbocycles. The Labute approximate surface area is 135 Å². The number of carbonyl (C=O) groups is 1. The minimum Gasteiger partial charge on any atom is -0.352 e. The highest BCUT2D eigenvalue weighted by molar-refractivity contribution is 5.97. The van der Waals surface area contributed by atoms with Crippen LogP contribution < -0.4 is 0 Å². The van der Waals surface area contributed by atoms with Crippen LogP contribution in [0.4, 0.5) is 0 Å². The molecule has 1 N–H and O–H groups in total. The monoisotopic (exact) mass is 300 g/mol. The van der Waals surface area contributed by atoms with Crippen molar-refractivity contribution in [2.75, 3.05) is 0 Å². The van der Waals surface area contributed by atoms with Gasteiger partial charge in [0.15, 0.2) is 5.78 Å². The highest BCUT2D eigenvalue weighted by atomic mass is 16.1. The molecule has 0 saturated heterocycles. The predicted molar refractivity (Wildman–Crippen MR) is 91.1 cm³/mol. The van der Waals surface area contributed by atoms with Gasteiger partial charge in [-0.2, -0.15) is 5.26 Å². The van der Waals surface area contributed by atoms with Gasteiger partial charge in [-0.1, -0.05) is 42.0 Å². The molecule has 0 fully saturated rings. The Morgan fingerprint density at radius 1 is 1.00 bits per heavy atom. The van der Waals surface area contributed by atoms with Crippen molar-refractivity contribution < 1.29 is 4.79 Å². The zero-order valence-electron chi connectivity index (χ0n) is 13.1. The molecule has 0 spiro atoms. The van der Waals surface area contributed by atoms with Crippen LogP contribution >= 0.6 is 0 Å². The van der Waals surface area contributed by atoms with Crippen LogP contribution in [0.15, 0.2) is 54.6 Å². The number of H-pyrrole nitrogens is 1. The van der Waals surface area contributed by atoms with Gasteiger partial charge in [0.2, 0.25) is 0 Å². The summed E-state index contributed by atoms with van der Waals surface area (Å²) >= 11 is 0. The van der Waals surface area contributed by atoms with E-state index in [2.05, 4.69) is 11.1 Å². The fraction of sp³-hybridized carbons (Fsp3) is 0.100. The molecule has 0 atom stereocenters. The SMILES string of the molecule is CC(=O)c1cc(-c2ccc(C#N)cc2)c(-c2ccc(C)cc2)[nH]1. The molecule has 2 aromatic carbocycles. The molecule has 23 heavy (non-hydrogen) atoms. The van der Waals surface area contributed by atoms with E-state index in [4.69, 9.17) is 5.26 Å². The second-order valence-corrected chi connectivity index (χ2v) is 5.58. The number of benzene rings is 2. The molecule has 1 heterocycles. The first-order valence-electron chi connectivity index (χ1n) is 7.40. The Bertz CT molecular complexity index is 894. The van der Waals surface area contributed by atoms with Gasteiger partial charge in [-0.15, -0.1) is 0 Å². The second kappa shape index (κ2) is 5.94. The first kappa shape index (κ1) is 14.8. The van der Waals surface area contributed by atoms with Gasteiger partial charge in [0.05, 0.1) is 23.0 Å². The molecule has 0 aliphatic heterocycles. The molecular weight excluding hydrogens is 284 g/mol. The number of hydrogen-bond acceptors (Lipinski definition) is 2. The van der Waals surface area contributed by atoms with Crippen molar-refractivity contribution in [1.29, 1.82) is 5.26 Å². The smallest absolute Gasteiger partial charge is 0.175 e. The molecule has 0 radical (unpaired) electrons. The molecular formula is C20H16N2O. The van der Waals surface area contributed by atoms with Crippen LogP contribution in [0.5, 0.6) is 0 Å². The van der Waals surface area contributed by atoms with E-state index in [9.17, 15) is 4.79 Å². The van der Waals surface area contributed by atoms with E-state index in [1.165, 1.54) is 5.56 Å².